The van der Waals surface area contributed by atoms with Crippen LogP contribution in [0.4, 0.5) is 11.5 Å². The van der Waals surface area contributed by atoms with Crippen molar-refractivity contribution >= 4 is 29.0 Å². The van der Waals surface area contributed by atoms with Gasteiger partial charge < -0.3 is 19.9 Å². The van der Waals surface area contributed by atoms with Crippen molar-refractivity contribution in [3.63, 3.8) is 0 Å². The average Bonchev–Trinajstić information content (AvgIpc) is 3.54. The lowest BCUT2D eigenvalue weighted by molar-refractivity contribution is -0.117. The van der Waals surface area contributed by atoms with Crippen molar-refractivity contribution in [3.8, 4) is 11.6 Å². The number of aryl methyl sites for hydroxylation is 2. The molecule has 9 nitrogen and oxygen atoms in total. The van der Waals surface area contributed by atoms with Crippen LogP contribution in [0.2, 0.25) is 0 Å². The van der Waals surface area contributed by atoms with E-state index in [1.165, 1.54) is 0 Å². The number of aromatic nitrogens is 4. The molecule has 2 N–H and O–H groups in total. The number of hydrogen-bond acceptors (Lipinski definition) is 5. The minimum Gasteiger partial charge on any atom is -0.438 e. The van der Waals surface area contributed by atoms with Crippen molar-refractivity contribution < 1.29 is 14.3 Å². The molecule has 0 atom stereocenters. The molecule has 1 aromatic carbocycles. The number of benzene rings is 1. The third kappa shape index (κ3) is 4.24. The van der Waals surface area contributed by atoms with Crippen LogP contribution in [-0.2, 0) is 11.8 Å². The normalized spacial score (nSPS) is 13.2. The van der Waals surface area contributed by atoms with E-state index in [9.17, 15) is 9.59 Å². The Morgan fingerprint density at radius 3 is 2.56 bits per heavy atom. The SMILES string of the molecule is Cc1ccc(Oc2ccc3nc(NC(=O)C4CC4)cn3n2)cc1NC(=O)c1cc(C)n(C)c1C. The summed E-state index contributed by atoms with van der Waals surface area (Å²) in [6, 6.07) is 10.8. The van der Waals surface area contributed by atoms with E-state index >= 15 is 0 Å². The van der Waals surface area contributed by atoms with Crippen LogP contribution in [0.3, 0.4) is 0 Å². The van der Waals surface area contributed by atoms with Gasteiger partial charge in [0.25, 0.3) is 5.91 Å². The van der Waals surface area contributed by atoms with Crippen LogP contribution in [0.5, 0.6) is 11.6 Å². The fourth-order valence-electron chi connectivity index (χ4n) is 3.75. The zero-order valence-electron chi connectivity index (χ0n) is 19.5. The number of fused-ring (bicyclic) bond motifs is 1. The first-order valence-electron chi connectivity index (χ1n) is 11.2. The maximum Gasteiger partial charge on any atom is 0.257 e. The highest BCUT2D eigenvalue weighted by atomic mass is 16.5. The molecule has 3 heterocycles. The number of nitrogens with one attached hydrogen (secondary N) is 2. The molecule has 0 aliphatic heterocycles. The maximum absolute atomic E-state index is 12.9. The summed E-state index contributed by atoms with van der Waals surface area (Å²) in [6.07, 6.45) is 3.52. The Hall–Kier alpha value is -4.14. The summed E-state index contributed by atoms with van der Waals surface area (Å²) in [6.45, 7) is 5.82. The maximum atomic E-state index is 12.9. The summed E-state index contributed by atoms with van der Waals surface area (Å²) >= 11 is 0. The molecule has 9 heteroatoms. The molecule has 34 heavy (non-hydrogen) atoms. The monoisotopic (exact) mass is 458 g/mol. The zero-order valence-corrected chi connectivity index (χ0v) is 19.5. The summed E-state index contributed by atoms with van der Waals surface area (Å²) in [5, 5.41) is 10.2. The molecular formula is C25H26N6O3. The molecule has 5 rings (SSSR count). The summed E-state index contributed by atoms with van der Waals surface area (Å²) in [5.74, 6) is 1.29. The van der Waals surface area contributed by atoms with Gasteiger partial charge in [-0.2, -0.15) is 0 Å². The van der Waals surface area contributed by atoms with Crippen molar-refractivity contribution in [1.82, 2.24) is 19.2 Å². The fraction of sp³-hybridized carbons (Fsp3) is 0.280. The molecule has 0 unspecified atom stereocenters. The Balaban J connectivity index is 1.33. The van der Waals surface area contributed by atoms with Gasteiger partial charge in [-0.15, -0.1) is 5.10 Å². The van der Waals surface area contributed by atoms with Crippen LogP contribution < -0.4 is 15.4 Å². The molecule has 174 valence electrons. The van der Waals surface area contributed by atoms with Crippen LogP contribution in [-0.4, -0.2) is 31.0 Å². The summed E-state index contributed by atoms with van der Waals surface area (Å²) in [4.78, 5) is 29.2. The van der Waals surface area contributed by atoms with Crippen LogP contribution in [0.25, 0.3) is 5.65 Å². The zero-order chi connectivity index (χ0) is 24.0. The second kappa shape index (κ2) is 8.33. The Bertz CT molecular complexity index is 1430. The highest BCUT2D eigenvalue weighted by Crippen LogP contribution is 2.30. The highest BCUT2D eigenvalue weighted by molar-refractivity contribution is 6.05. The van der Waals surface area contributed by atoms with E-state index in [1.807, 2.05) is 50.6 Å². The van der Waals surface area contributed by atoms with Crippen molar-refractivity contribution in [3.05, 3.63) is 65.1 Å². The van der Waals surface area contributed by atoms with Gasteiger partial charge in [-0.3, -0.25) is 9.59 Å². The molecule has 2 amide bonds. The molecular weight excluding hydrogens is 432 g/mol. The predicted octanol–water partition coefficient (Wildman–Crippen LogP) is 4.39. The standard InChI is InChI=1S/C25H26N6O3/c1-14-5-8-18(12-20(14)26-25(33)19-11-15(2)30(4)16(19)3)34-23-10-9-22-27-21(13-31(22)29-23)28-24(32)17-6-7-17/h5,8-13,17H,6-7H2,1-4H3,(H,26,33)(H,28,32). The number of carbonyl (C=O) groups excluding carboxylic acids is 2. The van der Waals surface area contributed by atoms with Gasteiger partial charge >= 0.3 is 0 Å². The number of hydrogen-bond donors (Lipinski definition) is 2. The van der Waals surface area contributed by atoms with E-state index in [0.29, 0.717) is 34.3 Å². The molecule has 0 spiro atoms. The van der Waals surface area contributed by atoms with Gasteiger partial charge in [-0.25, -0.2) is 9.50 Å². The fourth-order valence-corrected chi connectivity index (χ4v) is 3.75. The molecule has 0 radical (unpaired) electrons. The Morgan fingerprint density at radius 1 is 1.06 bits per heavy atom. The van der Waals surface area contributed by atoms with E-state index in [2.05, 4.69) is 20.7 Å². The second-order valence-electron chi connectivity index (χ2n) is 8.74. The minimum atomic E-state index is -0.166. The number of ether oxygens (including phenoxy) is 1. The first-order valence-corrected chi connectivity index (χ1v) is 11.2. The van der Waals surface area contributed by atoms with E-state index in [0.717, 1.165) is 29.8 Å². The van der Waals surface area contributed by atoms with Crippen molar-refractivity contribution in [2.75, 3.05) is 10.6 Å². The molecule has 0 bridgehead atoms. The van der Waals surface area contributed by atoms with Crippen LogP contribution in [0.1, 0.15) is 40.2 Å². The quantitative estimate of drug-likeness (QED) is 0.446. The lowest BCUT2D eigenvalue weighted by atomic mass is 10.1. The molecule has 1 saturated carbocycles. The highest BCUT2D eigenvalue weighted by Gasteiger charge is 2.30. The van der Waals surface area contributed by atoms with Gasteiger partial charge in [0.15, 0.2) is 11.5 Å². The van der Waals surface area contributed by atoms with Crippen LogP contribution in [0.15, 0.2) is 42.6 Å². The largest absolute Gasteiger partial charge is 0.438 e. The van der Waals surface area contributed by atoms with Gasteiger partial charge in [0, 0.05) is 42.2 Å². The number of imidazole rings is 1. The van der Waals surface area contributed by atoms with E-state index in [-0.39, 0.29) is 17.7 Å². The average molecular weight is 459 g/mol. The van der Waals surface area contributed by atoms with Crippen molar-refractivity contribution in [2.45, 2.75) is 33.6 Å². The Labute approximate surface area is 196 Å². The molecule has 1 aliphatic rings. The predicted molar refractivity (Wildman–Crippen MR) is 128 cm³/mol. The third-order valence-electron chi connectivity index (χ3n) is 6.19. The Kier molecular flexibility index (Phi) is 5.31. The van der Waals surface area contributed by atoms with Crippen LogP contribution >= 0.6 is 0 Å². The topological polar surface area (TPSA) is 103 Å². The number of rotatable bonds is 6. The van der Waals surface area contributed by atoms with E-state index in [4.69, 9.17) is 4.74 Å². The molecule has 0 saturated heterocycles. The Morgan fingerprint density at radius 2 is 1.85 bits per heavy atom. The van der Waals surface area contributed by atoms with Gasteiger partial charge in [0.05, 0.1) is 11.8 Å². The van der Waals surface area contributed by atoms with E-state index in [1.54, 1.807) is 28.9 Å². The van der Waals surface area contributed by atoms with Crippen LogP contribution in [0, 0.1) is 26.7 Å². The van der Waals surface area contributed by atoms with Gasteiger partial charge in [0.1, 0.15) is 5.75 Å². The second-order valence-corrected chi connectivity index (χ2v) is 8.74. The number of carbonyl (C=O) groups is 2. The van der Waals surface area contributed by atoms with E-state index < -0.39 is 0 Å². The first-order chi connectivity index (χ1) is 16.3. The third-order valence-corrected chi connectivity index (χ3v) is 6.19. The molecule has 4 aromatic rings. The number of amides is 2. The first kappa shape index (κ1) is 21.7. The number of anilines is 2. The molecule has 1 aliphatic carbocycles. The minimum absolute atomic E-state index is 0.00466. The van der Waals surface area contributed by atoms with Gasteiger partial charge in [0.2, 0.25) is 11.8 Å². The smallest absolute Gasteiger partial charge is 0.257 e. The van der Waals surface area contributed by atoms with Gasteiger partial charge in [-0.1, -0.05) is 6.07 Å². The lowest BCUT2D eigenvalue weighted by Crippen LogP contribution is -2.13. The molecule has 1 fully saturated rings. The summed E-state index contributed by atoms with van der Waals surface area (Å²) < 4.78 is 9.51. The molecule has 3 aromatic heterocycles. The number of nitrogens with zero attached hydrogens (tertiary/aromatic N) is 4. The van der Waals surface area contributed by atoms with Crippen molar-refractivity contribution in [1.29, 1.82) is 0 Å². The van der Waals surface area contributed by atoms with Crippen molar-refractivity contribution in [2.24, 2.45) is 13.0 Å². The summed E-state index contributed by atoms with van der Waals surface area (Å²) in [5.41, 5.74) is 4.75. The lowest BCUT2D eigenvalue weighted by Gasteiger charge is -2.11. The van der Waals surface area contributed by atoms with Gasteiger partial charge in [-0.05, 0) is 57.4 Å². The summed E-state index contributed by atoms with van der Waals surface area (Å²) in [7, 11) is 1.94.